The summed E-state index contributed by atoms with van der Waals surface area (Å²) in [6.07, 6.45) is 0. The molecule has 0 aliphatic carbocycles. The van der Waals surface area contributed by atoms with Gasteiger partial charge < -0.3 is 14.6 Å². The molecule has 2 N–H and O–H groups in total. The number of H-pyrrole nitrogens is 1. The van der Waals surface area contributed by atoms with Crippen molar-refractivity contribution in [3.05, 3.63) is 66.0 Å². The van der Waals surface area contributed by atoms with Crippen LogP contribution >= 0.6 is 0 Å². The smallest absolute Gasteiger partial charge is 0.259 e. The largest absolute Gasteiger partial charge is 0.496 e. The van der Waals surface area contributed by atoms with Crippen molar-refractivity contribution >= 4 is 22.6 Å². The number of carbonyl (C=O) groups is 1. The minimum atomic E-state index is -0.575. The van der Waals surface area contributed by atoms with Gasteiger partial charge in [0.25, 0.3) is 5.91 Å². The fourth-order valence-electron chi connectivity index (χ4n) is 3.35. The molecule has 0 aliphatic rings. The van der Waals surface area contributed by atoms with Gasteiger partial charge in [-0.1, -0.05) is 18.2 Å². The molecule has 0 bridgehead atoms. The number of carbonyl (C=O) groups excluding carboxylic acids is 1. The number of aryl methyl sites for hydroxylation is 1. The molecule has 0 atom stereocenters. The van der Waals surface area contributed by atoms with Crippen molar-refractivity contribution in [2.24, 2.45) is 0 Å². The van der Waals surface area contributed by atoms with Gasteiger partial charge in [0, 0.05) is 18.0 Å². The van der Waals surface area contributed by atoms with E-state index in [0.29, 0.717) is 5.82 Å². The summed E-state index contributed by atoms with van der Waals surface area (Å²) in [4.78, 5) is 12.3. The molecule has 2 heterocycles. The SMILES string of the molecule is CCn1c(-c2cc(NC(=O)c3ccccc3F)n[nH]2)cc2c(OC)cccc21. The van der Waals surface area contributed by atoms with Gasteiger partial charge in [-0.25, -0.2) is 4.39 Å². The molecule has 2 aromatic carbocycles. The molecule has 0 spiro atoms. The lowest BCUT2D eigenvalue weighted by Gasteiger charge is -2.06. The molecule has 4 rings (SSSR count). The van der Waals surface area contributed by atoms with E-state index in [1.54, 1.807) is 19.2 Å². The summed E-state index contributed by atoms with van der Waals surface area (Å²) in [5.74, 6) is -0.00973. The molecule has 4 aromatic rings. The first-order chi connectivity index (χ1) is 13.6. The molecule has 0 aliphatic heterocycles. The summed E-state index contributed by atoms with van der Waals surface area (Å²) in [5.41, 5.74) is 2.67. The molecule has 0 fully saturated rings. The second kappa shape index (κ2) is 7.19. The predicted octanol–water partition coefficient (Wildman–Crippen LogP) is 4.45. The Morgan fingerprint density at radius 1 is 1.21 bits per heavy atom. The summed E-state index contributed by atoms with van der Waals surface area (Å²) in [5, 5.41) is 10.7. The van der Waals surface area contributed by atoms with Crippen LogP contribution in [-0.2, 0) is 6.54 Å². The average molecular weight is 378 g/mol. The van der Waals surface area contributed by atoms with Crippen LogP contribution in [0.15, 0.2) is 54.6 Å². The van der Waals surface area contributed by atoms with E-state index in [2.05, 4.69) is 27.0 Å². The number of benzene rings is 2. The minimum Gasteiger partial charge on any atom is -0.496 e. The number of amides is 1. The van der Waals surface area contributed by atoms with Crippen LogP contribution < -0.4 is 10.1 Å². The normalized spacial score (nSPS) is 11.0. The third-order valence-corrected chi connectivity index (χ3v) is 4.66. The fourth-order valence-corrected chi connectivity index (χ4v) is 3.35. The Labute approximate surface area is 160 Å². The Bertz CT molecular complexity index is 1160. The summed E-state index contributed by atoms with van der Waals surface area (Å²) in [6, 6.07) is 15.5. The zero-order chi connectivity index (χ0) is 19.7. The number of nitrogens with one attached hydrogen (secondary N) is 2. The first kappa shape index (κ1) is 17.8. The fraction of sp³-hybridized carbons (Fsp3) is 0.143. The van der Waals surface area contributed by atoms with Gasteiger partial charge in [-0.3, -0.25) is 9.89 Å². The Morgan fingerprint density at radius 2 is 2.04 bits per heavy atom. The average Bonchev–Trinajstić information content (AvgIpc) is 3.31. The number of hydrogen-bond acceptors (Lipinski definition) is 3. The molecule has 7 heteroatoms. The maximum Gasteiger partial charge on any atom is 0.259 e. The highest BCUT2D eigenvalue weighted by Gasteiger charge is 2.16. The zero-order valence-electron chi connectivity index (χ0n) is 15.5. The van der Waals surface area contributed by atoms with Crippen LogP contribution in [-0.4, -0.2) is 27.8 Å². The van der Waals surface area contributed by atoms with E-state index >= 15 is 0 Å². The molecule has 1 amide bonds. The monoisotopic (exact) mass is 378 g/mol. The van der Waals surface area contributed by atoms with Gasteiger partial charge >= 0.3 is 0 Å². The molecule has 28 heavy (non-hydrogen) atoms. The van der Waals surface area contributed by atoms with Crippen LogP contribution in [0.2, 0.25) is 0 Å². The summed E-state index contributed by atoms with van der Waals surface area (Å²) < 4.78 is 21.4. The number of hydrogen-bond donors (Lipinski definition) is 2. The molecule has 0 radical (unpaired) electrons. The number of rotatable bonds is 5. The van der Waals surface area contributed by atoms with Gasteiger partial charge in [0.05, 0.1) is 29.6 Å². The van der Waals surface area contributed by atoms with Crippen LogP contribution in [0.25, 0.3) is 22.3 Å². The van der Waals surface area contributed by atoms with Gasteiger partial charge in [0.2, 0.25) is 0 Å². The van der Waals surface area contributed by atoms with Crippen molar-refractivity contribution in [3.63, 3.8) is 0 Å². The topological polar surface area (TPSA) is 71.9 Å². The summed E-state index contributed by atoms with van der Waals surface area (Å²) >= 11 is 0. The minimum absolute atomic E-state index is 0.0283. The number of ether oxygens (including phenoxy) is 1. The molecule has 6 nitrogen and oxygen atoms in total. The number of fused-ring (bicyclic) bond motifs is 1. The van der Waals surface area contributed by atoms with Crippen LogP contribution in [0.1, 0.15) is 17.3 Å². The molecule has 142 valence electrons. The van der Waals surface area contributed by atoms with E-state index in [9.17, 15) is 9.18 Å². The van der Waals surface area contributed by atoms with Crippen molar-refractivity contribution in [2.75, 3.05) is 12.4 Å². The number of aromatic amines is 1. The highest BCUT2D eigenvalue weighted by molar-refractivity contribution is 6.04. The lowest BCUT2D eigenvalue weighted by molar-refractivity contribution is 0.102. The third kappa shape index (κ3) is 3.00. The van der Waals surface area contributed by atoms with E-state index in [-0.39, 0.29) is 5.56 Å². The number of halogens is 1. The third-order valence-electron chi connectivity index (χ3n) is 4.66. The maximum absolute atomic E-state index is 13.8. The van der Waals surface area contributed by atoms with Gasteiger partial charge in [-0.15, -0.1) is 0 Å². The summed E-state index contributed by atoms with van der Waals surface area (Å²) in [6.45, 7) is 2.81. The Balaban J connectivity index is 1.68. The van der Waals surface area contributed by atoms with E-state index in [4.69, 9.17) is 4.74 Å². The number of anilines is 1. The highest BCUT2D eigenvalue weighted by Crippen LogP contribution is 2.33. The Hall–Kier alpha value is -3.61. The highest BCUT2D eigenvalue weighted by atomic mass is 19.1. The maximum atomic E-state index is 13.8. The summed E-state index contributed by atoms with van der Waals surface area (Å²) in [7, 11) is 1.64. The van der Waals surface area contributed by atoms with Crippen LogP contribution in [0, 0.1) is 5.82 Å². The van der Waals surface area contributed by atoms with E-state index in [1.165, 1.54) is 18.2 Å². The lowest BCUT2D eigenvalue weighted by atomic mass is 10.2. The predicted molar refractivity (Wildman–Crippen MR) is 106 cm³/mol. The van der Waals surface area contributed by atoms with Gasteiger partial charge in [0.1, 0.15) is 11.6 Å². The second-order valence-corrected chi connectivity index (χ2v) is 6.27. The van der Waals surface area contributed by atoms with Crippen molar-refractivity contribution in [2.45, 2.75) is 13.5 Å². The quantitative estimate of drug-likeness (QED) is 0.539. The molecule has 2 aromatic heterocycles. The van der Waals surface area contributed by atoms with E-state index in [0.717, 1.165) is 34.6 Å². The molecular formula is C21H19FN4O2. The number of nitrogens with zero attached hydrogens (tertiary/aromatic N) is 2. The first-order valence-electron chi connectivity index (χ1n) is 8.90. The standard InChI is InChI=1S/C21H19FN4O2/c1-3-26-17-9-6-10-19(28-2)14(17)11-18(26)16-12-20(25-24-16)23-21(27)13-7-4-5-8-15(13)22/h4-12H,3H2,1-2H3,(H2,23,24,25,27). The van der Waals surface area contributed by atoms with Crippen LogP contribution in [0.3, 0.4) is 0 Å². The molecule has 0 saturated heterocycles. The van der Waals surface area contributed by atoms with E-state index in [1.807, 2.05) is 24.3 Å². The van der Waals surface area contributed by atoms with Crippen molar-refractivity contribution in [1.29, 1.82) is 0 Å². The lowest BCUT2D eigenvalue weighted by Crippen LogP contribution is -2.13. The first-order valence-corrected chi connectivity index (χ1v) is 8.90. The van der Waals surface area contributed by atoms with E-state index < -0.39 is 11.7 Å². The van der Waals surface area contributed by atoms with Crippen molar-refractivity contribution in [3.8, 4) is 17.1 Å². The van der Waals surface area contributed by atoms with Crippen LogP contribution in [0.5, 0.6) is 5.75 Å². The van der Waals surface area contributed by atoms with Gasteiger partial charge in [0.15, 0.2) is 5.82 Å². The van der Waals surface area contributed by atoms with Crippen LogP contribution in [0.4, 0.5) is 10.2 Å². The number of methoxy groups -OCH3 is 1. The zero-order valence-corrected chi connectivity index (χ0v) is 15.5. The van der Waals surface area contributed by atoms with Crippen molar-refractivity contribution in [1.82, 2.24) is 14.8 Å². The second-order valence-electron chi connectivity index (χ2n) is 6.27. The Morgan fingerprint density at radius 3 is 2.79 bits per heavy atom. The van der Waals surface area contributed by atoms with Crippen molar-refractivity contribution < 1.29 is 13.9 Å². The molecule has 0 unspecified atom stereocenters. The molecular weight excluding hydrogens is 359 g/mol. The van der Waals surface area contributed by atoms with Gasteiger partial charge in [-0.2, -0.15) is 5.10 Å². The molecule has 0 saturated carbocycles. The Kier molecular flexibility index (Phi) is 4.57. The van der Waals surface area contributed by atoms with Gasteiger partial charge in [-0.05, 0) is 37.3 Å². The number of aromatic nitrogens is 3.